The molecule has 0 aromatic heterocycles. The van der Waals surface area contributed by atoms with E-state index < -0.39 is 10.0 Å². The number of hydrogen-bond acceptors (Lipinski definition) is 3. The Labute approximate surface area is 126 Å². The Morgan fingerprint density at radius 2 is 1.95 bits per heavy atom. The van der Waals surface area contributed by atoms with Gasteiger partial charge in [0.25, 0.3) is 0 Å². The fourth-order valence-electron chi connectivity index (χ4n) is 2.06. The van der Waals surface area contributed by atoms with E-state index in [1.807, 2.05) is 20.8 Å². The largest absolute Gasteiger partial charge is 0.331 e. The van der Waals surface area contributed by atoms with Gasteiger partial charge in [-0.25, -0.2) is 18.4 Å². The van der Waals surface area contributed by atoms with Crippen LogP contribution >= 0.6 is 0 Å². The number of primary sulfonamides is 1. The van der Waals surface area contributed by atoms with Crippen molar-refractivity contribution in [2.24, 2.45) is 5.14 Å². The standard InChI is InChI=1S/C14H23N3O3S/c1-5-17(10(2)3)14(18)16-11(4)12-7-6-8-13(9-12)21(15,19)20/h6-11H,5H2,1-4H3,(H,16,18)(H2,15,19,20)/t11-/m0/s1. The Kier molecular flexibility index (Phi) is 5.74. The highest BCUT2D eigenvalue weighted by Crippen LogP contribution is 2.17. The number of hydrogen-bond donors (Lipinski definition) is 2. The normalized spacial score (nSPS) is 13.0. The van der Waals surface area contributed by atoms with Crippen LogP contribution in [0.25, 0.3) is 0 Å². The molecule has 1 rings (SSSR count). The highest BCUT2D eigenvalue weighted by molar-refractivity contribution is 7.89. The van der Waals surface area contributed by atoms with E-state index in [1.54, 1.807) is 24.0 Å². The number of benzene rings is 1. The number of nitrogens with zero attached hydrogens (tertiary/aromatic N) is 1. The Balaban J connectivity index is 2.90. The van der Waals surface area contributed by atoms with Gasteiger partial charge >= 0.3 is 6.03 Å². The summed E-state index contributed by atoms with van der Waals surface area (Å²) in [6, 6.07) is 5.88. The summed E-state index contributed by atoms with van der Waals surface area (Å²) in [5, 5.41) is 7.97. The zero-order chi connectivity index (χ0) is 16.2. The second-order valence-electron chi connectivity index (χ2n) is 5.17. The second kappa shape index (κ2) is 6.91. The molecular formula is C14H23N3O3S. The zero-order valence-corrected chi connectivity index (χ0v) is 13.6. The predicted molar refractivity (Wildman–Crippen MR) is 82.3 cm³/mol. The molecule has 0 aliphatic heterocycles. The molecule has 3 N–H and O–H groups in total. The molecule has 0 heterocycles. The zero-order valence-electron chi connectivity index (χ0n) is 12.8. The molecule has 0 fully saturated rings. The van der Waals surface area contributed by atoms with E-state index in [-0.39, 0.29) is 23.0 Å². The van der Waals surface area contributed by atoms with Gasteiger partial charge in [-0.05, 0) is 45.4 Å². The van der Waals surface area contributed by atoms with Crippen LogP contribution in [0, 0.1) is 0 Å². The minimum absolute atomic E-state index is 0.0392. The van der Waals surface area contributed by atoms with Gasteiger partial charge in [0.2, 0.25) is 10.0 Å². The van der Waals surface area contributed by atoms with Crippen molar-refractivity contribution in [2.75, 3.05) is 6.54 Å². The third-order valence-corrected chi connectivity index (χ3v) is 4.16. The molecule has 0 aliphatic rings. The molecule has 0 spiro atoms. The van der Waals surface area contributed by atoms with Gasteiger partial charge in [-0.15, -0.1) is 0 Å². The van der Waals surface area contributed by atoms with Gasteiger partial charge in [0.1, 0.15) is 0 Å². The Hall–Kier alpha value is -1.60. The van der Waals surface area contributed by atoms with E-state index >= 15 is 0 Å². The van der Waals surface area contributed by atoms with E-state index in [0.717, 1.165) is 0 Å². The maximum absolute atomic E-state index is 12.2. The third-order valence-electron chi connectivity index (χ3n) is 3.25. The predicted octanol–water partition coefficient (Wildman–Crippen LogP) is 1.83. The van der Waals surface area contributed by atoms with Gasteiger partial charge in [0.15, 0.2) is 0 Å². The molecule has 118 valence electrons. The van der Waals surface area contributed by atoms with Crippen LogP contribution in [0.5, 0.6) is 0 Å². The fraction of sp³-hybridized carbons (Fsp3) is 0.500. The minimum Gasteiger partial charge on any atom is -0.331 e. The van der Waals surface area contributed by atoms with Crippen LogP contribution in [-0.4, -0.2) is 31.9 Å². The van der Waals surface area contributed by atoms with Crippen molar-refractivity contribution in [1.29, 1.82) is 0 Å². The Bertz CT molecular complexity index is 599. The quantitative estimate of drug-likeness (QED) is 0.868. The molecule has 2 amide bonds. The van der Waals surface area contributed by atoms with Gasteiger partial charge < -0.3 is 10.2 Å². The first-order valence-electron chi connectivity index (χ1n) is 6.86. The van der Waals surface area contributed by atoms with Gasteiger partial charge in [-0.1, -0.05) is 12.1 Å². The first-order chi connectivity index (χ1) is 9.66. The third kappa shape index (κ3) is 4.71. The van der Waals surface area contributed by atoms with Gasteiger partial charge in [0, 0.05) is 12.6 Å². The van der Waals surface area contributed by atoms with Crippen LogP contribution in [0.4, 0.5) is 4.79 Å². The van der Waals surface area contributed by atoms with E-state index in [0.29, 0.717) is 12.1 Å². The molecule has 0 unspecified atom stereocenters. The maximum atomic E-state index is 12.2. The number of sulfonamides is 1. The van der Waals surface area contributed by atoms with Crippen molar-refractivity contribution in [2.45, 2.75) is 44.7 Å². The lowest BCUT2D eigenvalue weighted by atomic mass is 10.1. The molecule has 0 saturated heterocycles. The smallest absolute Gasteiger partial charge is 0.318 e. The van der Waals surface area contributed by atoms with Gasteiger partial charge in [-0.3, -0.25) is 0 Å². The van der Waals surface area contributed by atoms with Crippen LogP contribution in [-0.2, 0) is 10.0 Å². The number of rotatable bonds is 5. The highest BCUT2D eigenvalue weighted by atomic mass is 32.2. The molecule has 7 heteroatoms. The summed E-state index contributed by atoms with van der Waals surface area (Å²) in [6.45, 7) is 8.19. The van der Waals surface area contributed by atoms with Gasteiger partial charge in [-0.2, -0.15) is 0 Å². The van der Waals surface area contributed by atoms with Crippen LogP contribution in [0.3, 0.4) is 0 Å². The Morgan fingerprint density at radius 3 is 2.43 bits per heavy atom. The number of urea groups is 1. The summed E-state index contributed by atoms with van der Waals surface area (Å²) in [5.74, 6) is 0. The summed E-state index contributed by atoms with van der Waals surface area (Å²) >= 11 is 0. The lowest BCUT2D eigenvalue weighted by Gasteiger charge is -2.27. The molecule has 1 atom stereocenters. The van der Waals surface area contributed by atoms with Crippen molar-refractivity contribution < 1.29 is 13.2 Å². The molecule has 0 saturated carbocycles. The van der Waals surface area contributed by atoms with E-state index in [2.05, 4.69) is 5.32 Å². The van der Waals surface area contributed by atoms with Crippen molar-refractivity contribution in [3.05, 3.63) is 29.8 Å². The monoisotopic (exact) mass is 313 g/mol. The van der Waals surface area contributed by atoms with Crippen LogP contribution in [0.15, 0.2) is 29.2 Å². The highest BCUT2D eigenvalue weighted by Gasteiger charge is 2.18. The molecule has 0 radical (unpaired) electrons. The van der Waals surface area contributed by atoms with Crippen molar-refractivity contribution >= 4 is 16.1 Å². The van der Waals surface area contributed by atoms with E-state index in [1.165, 1.54) is 12.1 Å². The summed E-state index contributed by atoms with van der Waals surface area (Å²) in [6.07, 6.45) is 0. The molecular weight excluding hydrogens is 290 g/mol. The molecule has 1 aromatic carbocycles. The second-order valence-corrected chi connectivity index (χ2v) is 6.73. The molecule has 0 bridgehead atoms. The first kappa shape index (κ1) is 17.5. The number of carbonyl (C=O) groups is 1. The van der Waals surface area contributed by atoms with Gasteiger partial charge in [0.05, 0.1) is 10.9 Å². The lowest BCUT2D eigenvalue weighted by Crippen LogP contribution is -2.44. The summed E-state index contributed by atoms with van der Waals surface area (Å²) in [4.78, 5) is 13.9. The maximum Gasteiger partial charge on any atom is 0.318 e. The minimum atomic E-state index is -3.74. The van der Waals surface area contributed by atoms with Crippen LogP contribution in [0.1, 0.15) is 39.3 Å². The summed E-state index contributed by atoms with van der Waals surface area (Å²) in [5.41, 5.74) is 0.690. The molecule has 0 aliphatic carbocycles. The molecule has 1 aromatic rings. The SMILES string of the molecule is CCN(C(=O)N[C@@H](C)c1cccc(S(N)(=O)=O)c1)C(C)C. The topological polar surface area (TPSA) is 92.5 Å². The summed E-state index contributed by atoms with van der Waals surface area (Å²) < 4.78 is 22.7. The van der Waals surface area contributed by atoms with Crippen molar-refractivity contribution in [1.82, 2.24) is 10.2 Å². The average Bonchev–Trinajstić information content (AvgIpc) is 2.38. The number of amides is 2. The number of carbonyl (C=O) groups excluding carboxylic acids is 1. The molecule has 6 nitrogen and oxygen atoms in total. The van der Waals surface area contributed by atoms with E-state index in [9.17, 15) is 13.2 Å². The lowest BCUT2D eigenvalue weighted by molar-refractivity contribution is 0.183. The van der Waals surface area contributed by atoms with Crippen LogP contribution < -0.4 is 10.5 Å². The average molecular weight is 313 g/mol. The van der Waals surface area contributed by atoms with Crippen molar-refractivity contribution in [3.8, 4) is 0 Å². The van der Waals surface area contributed by atoms with Crippen LogP contribution in [0.2, 0.25) is 0 Å². The van der Waals surface area contributed by atoms with Crippen molar-refractivity contribution in [3.63, 3.8) is 0 Å². The molecule has 21 heavy (non-hydrogen) atoms. The number of nitrogens with one attached hydrogen (secondary N) is 1. The Morgan fingerprint density at radius 1 is 1.33 bits per heavy atom. The van der Waals surface area contributed by atoms with E-state index in [4.69, 9.17) is 5.14 Å². The fourth-order valence-corrected chi connectivity index (χ4v) is 2.62. The summed E-state index contributed by atoms with van der Waals surface area (Å²) in [7, 11) is -3.74. The number of nitrogens with two attached hydrogens (primary N) is 1. The first-order valence-corrected chi connectivity index (χ1v) is 8.41.